The van der Waals surface area contributed by atoms with Crippen LogP contribution in [0.25, 0.3) is 10.8 Å². The maximum absolute atomic E-state index is 13.0. The Balaban J connectivity index is 1.09. The van der Waals surface area contributed by atoms with Crippen LogP contribution >= 0.6 is 0 Å². The number of carbonyl (C=O) groups excluding carboxylic acids is 2. The summed E-state index contributed by atoms with van der Waals surface area (Å²) in [6.07, 6.45) is 4.76. The molecule has 6 nitrogen and oxygen atoms in total. The van der Waals surface area contributed by atoms with Crippen molar-refractivity contribution >= 4 is 28.4 Å². The molecule has 0 aliphatic carbocycles. The summed E-state index contributed by atoms with van der Waals surface area (Å²) in [5, 5.41) is 1.75. The fourth-order valence-electron chi connectivity index (χ4n) is 4.81. The zero-order valence-electron chi connectivity index (χ0n) is 18.2. The van der Waals surface area contributed by atoms with E-state index in [2.05, 4.69) is 20.9 Å². The molecule has 0 saturated carbocycles. The summed E-state index contributed by atoms with van der Waals surface area (Å²) in [5.41, 5.74) is 1.28. The summed E-state index contributed by atoms with van der Waals surface area (Å²) in [5.74, 6) is 0.732. The topological polar surface area (TPSA) is 56.8 Å². The summed E-state index contributed by atoms with van der Waals surface area (Å²) in [4.78, 5) is 36.6. The second-order valence-electron chi connectivity index (χ2n) is 8.55. The van der Waals surface area contributed by atoms with Gasteiger partial charge in [0.05, 0.1) is 0 Å². The number of anilines is 1. The molecular formula is C26H28N4O2. The number of rotatable bonds is 7. The van der Waals surface area contributed by atoms with Crippen molar-refractivity contribution in [1.29, 1.82) is 0 Å². The molecule has 3 heterocycles. The Bertz CT molecular complexity index is 1070. The number of hydrogen-bond acceptors (Lipinski definition) is 5. The minimum Gasteiger partial charge on any atom is -0.354 e. The molecule has 5 rings (SSSR count). The van der Waals surface area contributed by atoms with E-state index in [9.17, 15) is 9.59 Å². The van der Waals surface area contributed by atoms with Gasteiger partial charge in [-0.15, -0.1) is 0 Å². The van der Waals surface area contributed by atoms with Crippen molar-refractivity contribution in [2.75, 3.05) is 44.2 Å². The number of pyridine rings is 1. The van der Waals surface area contributed by atoms with E-state index in [1.807, 2.05) is 54.7 Å². The first kappa shape index (κ1) is 20.6. The van der Waals surface area contributed by atoms with Gasteiger partial charge in [-0.25, -0.2) is 4.98 Å². The smallest absolute Gasteiger partial charge is 0.261 e. The van der Waals surface area contributed by atoms with Crippen molar-refractivity contribution < 1.29 is 9.59 Å². The van der Waals surface area contributed by atoms with Crippen molar-refractivity contribution in [3.05, 3.63) is 71.9 Å². The van der Waals surface area contributed by atoms with Crippen LogP contribution < -0.4 is 4.90 Å². The molecule has 0 spiro atoms. The molecule has 2 amide bonds. The third-order valence-electron chi connectivity index (χ3n) is 6.56. The number of hydrogen-bond donors (Lipinski definition) is 0. The minimum atomic E-state index is -0.162. The highest BCUT2D eigenvalue weighted by Gasteiger charge is 2.32. The van der Waals surface area contributed by atoms with Gasteiger partial charge in [0, 0.05) is 55.4 Å². The maximum atomic E-state index is 13.0. The molecule has 0 radical (unpaired) electrons. The van der Waals surface area contributed by atoms with Crippen LogP contribution in [0.15, 0.2) is 60.8 Å². The number of nitrogens with zero attached hydrogens (tertiary/aromatic N) is 4. The fraction of sp³-hybridized carbons (Fsp3) is 0.346. The van der Waals surface area contributed by atoms with Crippen molar-refractivity contribution in [3.8, 4) is 0 Å². The van der Waals surface area contributed by atoms with Gasteiger partial charge in [0.2, 0.25) is 0 Å². The molecule has 2 aliphatic rings. The first-order chi connectivity index (χ1) is 15.7. The molecule has 2 aliphatic heterocycles. The first-order valence-electron chi connectivity index (χ1n) is 11.5. The Morgan fingerprint density at radius 2 is 1.41 bits per heavy atom. The molecule has 2 aromatic carbocycles. The lowest BCUT2D eigenvalue weighted by Gasteiger charge is -2.35. The Hall–Kier alpha value is -3.25. The van der Waals surface area contributed by atoms with E-state index in [-0.39, 0.29) is 11.8 Å². The molecule has 1 saturated heterocycles. The largest absolute Gasteiger partial charge is 0.354 e. The van der Waals surface area contributed by atoms with Gasteiger partial charge in [-0.1, -0.05) is 36.8 Å². The summed E-state index contributed by atoms with van der Waals surface area (Å²) < 4.78 is 0. The Labute approximate surface area is 188 Å². The van der Waals surface area contributed by atoms with Gasteiger partial charge in [-0.3, -0.25) is 19.4 Å². The number of amides is 2. The van der Waals surface area contributed by atoms with E-state index in [1.54, 1.807) is 0 Å². The number of benzene rings is 2. The van der Waals surface area contributed by atoms with Gasteiger partial charge >= 0.3 is 0 Å². The van der Waals surface area contributed by atoms with Crippen LogP contribution in [0.4, 0.5) is 5.82 Å². The van der Waals surface area contributed by atoms with Crippen molar-refractivity contribution in [2.24, 2.45) is 0 Å². The predicted octanol–water partition coefficient (Wildman–Crippen LogP) is 3.82. The summed E-state index contributed by atoms with van der Waals surface area (Å²) in [6.45, 7) is 5.62. The van der Waals surface area contributed by atoms with Gasteiger partial charge < -0.3 is 4.90 Å². The fourth-order valence-corrected chi connectivity index (χ4v) is 4.81. The highest BCUT2D eigenvalue weighted by molar-refractivity contribution is 6.25. The molecule has 6 heteroatoms. The van der Waals surface area contributed by atoms with E-state index in [0.717, 1.165) is 68.6 Å². The minimum absolute atomic E-state index is 0.162. The number of imide groups is 1. The van der Waals surface area contributed by atoms with Crippen LogP contribution in [-0.4, -0.2) is 65.9 Å². The van der Waals surface area contributed by atoms with Crippen LogP contribution in [0.3, 0.4) is 0 Å². The van der Waals surface area contributed by atoms with Crippen molar-refractivity contribution in [1.82, 2.24) is 14.8 Å². The van der Waals surface area contributed by atoms with E-state index in [0.29, 0.717) is 17.7 Å². The zero-order chi connectivity index (χ0) is 21.9. The van der Waals surface area contributed by atoms with Gasteiger partial charge in [-0.2, -0.15) is 0 Å². The lowest BCUT2D eigenvalue weighted by Crippen LogP contribution is -2.46. The Morgan fingerprint density at radius 1 is 0.719 bits per heavy atom. The standard InChI is InChI=1S/C26H28N4O2/c31-25-21-10-6-8-20-9-7-11-22(24(20)21)26(32)30(25)15-5-1-4-14-28-16-18-29(19-17-28)23-12-2-3-13-27-23/h2-3,6-13H,1,4-5,14-19H2. The van der Waals surface area contributed by atoms with Crippen LogP contribution in [-0.2, 0) is 0 Å². The third-order valence-corrected chi connectivity index (χ3v) is 6.56. The SMILES string of the molecule is O=C1c2cccc3cccc(c23)C(=O)N1CCCCCN1CCN(c2ccccn2)CC1. The Morgan fingerprint density at radius 3 is 2.06 bits per heavy atom. The number of unbranched alkanes of at least 4 members (excludes halogenated alkanes) is 2. The number of aromatic nitrogens is 1. The average molecular weight is 429 g/mol. The molecule has 1 aromatic heterocycles. The molecule has 0 unspecified atom stereocenters. The number of piperazine rings is 1. The van der Waals surface area contributed by atoms with Crippen LogP contribution in [0.2, 0.25) is 0 Å². The summed E-state index contributed by atoms with van der Waals surface area (Å²) in [6, 6.07) is 17.4. The van der Waals surface area contributed by atoms with E-state index < -0.39 is 0 Å². The van der Waals surface area contributed by atoms with Crippen LogP contribution in [0.5, 0.6) is 0 Å². The predicted molar refractivity (Wildman–Crippen MR) is 126 cm³/mol. The van der Waals surface area contributed by atoms with Crippen LogP contribution in [0.1, 0.15) is 40.0 Å². The van der Waals surface area contributed by atoms with Crippen molar-refractivity contribution in [3.63, 3.8) is 0 Å². The highest BCUT2D eigenvalue weighted by atomic mass is 16.2. The Kier molecular flexibility index (Phi) is 5.86. The van der Waals surface area contributed by atoms with Gasteiger partial charge in [0.15, 0.2) is 0 Å². The molecule has 164 valence electrons. The molecule has 0 N–H and O–H groups in total. The highest BCUT2D eigenvalue weighted by Crippen LogP contribution is 2.30. The normalized spacial score (nSPS) is 16.8. The molecule has 3 aromatic rings. The first-order valence-corrected chi connectivity index (χ1v) is 11.5. The van der Waals surface area contributed by atoms with Crippen LogP contribution in [0, 0.1) is 0 Å². The lowest BCUT2D eigenvalue weighted by atomic mass is 9.94. The van der Waals surface area contributed by atoms with Gasteiger partial charge in [0.25, 0.3) is 11.8 Å². The van der Waals surface area contributed by atoms with E-state index in [4.69, 9.17) is 0 Å². The van der Waals surface area contributed by atoms with Gasteiger partial charge in [-0.05, 0) is 49.0 Å². The summed E-state index contributed by atoms with van der Waals surface area (Å²) in [7, 11) is 0. The molecular weight excluding hydrogens is 400 g/mol. The second kappa shape index (κ2) is 9.09. The second-order valence-corrected chi connectivity index (χ2v) is 8.55. The van der Waals surface area contributed by atoms with E-state index in [1.165, 1.54) is 4.90 Å². The maximum Gasteiger partial charge on any atom is 0.261 e. The molecule has 0 bridgehead atoms. The third kappa shape index (κ3) is 3.98. The number of carbonyl (C=O) groups is 2. The molecule has 32 heavy (non-hydrogen) atoms. The van der Waals surface area contributed by atoms with Crippen molar-refractivity contribution in [2.45, 2.75) is 19.3 Å². The molecule has 0 atom stereocenters. The van der Waals surface area contributed by atoms with Gasteiger partial charge in [0.1, 0.15) is 5.82 Å². The quantitative estimate of drug-likeness (QED) is 0.423. The monoisotopic (exact) mass is 428 g/mol. The van der Waals surface area contributed by atoms with E-state index >= 15 is 0 Å². The lowest BCUT2D eigenvalue weighted by molar-refractivity contribution is 0.0607. The molecule has 1 fully saturated rings. The zero-order valence-corrected chi connectivity index (χ0v) is 18.2. The summed E-state index contributed by atoms with van der Waals surface area (Å²) >= 11 is 0. The average Bonchev–Trinajstić information content (AvgIpc) is 2.85.